The highest BCUT2D eigenvalue weighted by Crippen LogP contribution is 2.28. The number of hydrogen-bond acceptors (Lipinski definition) is 4. The van der Waals surface area contributed by atoms with Crippen LogP contribution in [0.15, 0.2) is 17.6 Å². The number of H-pyrrole nitrogens is 1. The third kappa shape index (κ3) is 2.54. The van der Waals surface area contributed by atoms with Gasteiger partial charge in [-0.1, -0.05) is 0 Å². The summed E-state index contributed by atoms with van der Waals surface area (Å²) < 4.78 is 0. The van der Waals surface area contributed by atoms with Crippen LogP contribution >= 0.6 is 11.3 Å². The van der Waals surface area contributed by atoms with Crippen LogP contribution in [-0.4, -0.2) is 21.0 Å². The fourth-order valence-electron chi connectivity index (χ4n) is 1.57. The molecular weight excluding hydrogens is 238 g/mol. The molecule has 0 radical (unpaired) electrons. The van der Waals surface area contributed by atoms with E-state index in [-0.39, 0.29) is 6.42 Å². The van der Waals surface area contributed by atoms with E-state index in [0.717, 1.165) is 16.1 Å². The summed E-state index contributed by atoms with van der Waals surface area (Å²) in [4.78, 5) is 18.9. The molecule has 0 aliphatic carbocycles. The van der Waals surface area contributed by atoms with Gasteiger partial charge in [-0.05, 0) is 23.9 Å². The first-order valence-electron chi connectivity index (χ1n) is 5.14. The summed E-state index contributed by atoms with van der Waals surface area (Å²) in [5, 5.41) is 10.7. The zero-order valence-corrected chi connectivity index (χ0v) is 10.1. The van der Waals surface area contributed by atoms with E-state index in [4.69, 9.17) is 10.8 Å². The molecule has 0 saturated carbocycles. The van der Waals surface area contributed by atoms with E-state index in [9.17, 15) is 4.79 Å². The summed E-state index contributed by atoms with van der Waals surface area (Å²) in [6, 6.07) is 1.43. The van der Waals surface area contributed by atoms with Gasteiger partial charge >= 0.3 is 5.97 Å². The van der Waals surface area contributed by atoms with Crippen molar-refractivity contribution in [3.8, 4) is 10.6 Å². The minimum Gasteiger partial charge on any atom is -0.481 e. The third-order valence-electron chi connectivity index (χ3n) is 2.45. The van der Waals surface area contributed by atoms with Crippen molar-refractivity contribution in [3.63, 3.8) is 0 Å². The van der Waals surface area contributed by atoms with Crippen molar-refractivity contribution in [3.05, 3.63) is 29.0 Å². The molecular formula is C11H13N3O2S. The lowest BCUT2D eigenvalue weighted by atomic mass is 10.2. The molecule has 0 fully saturated rings. The molecule has 2 heterocycles. The highest BCUT2D eigenvalue weighted by Gasteiger charge is 2.15. The van der Waals surface area contributed by atoms with Crippen LogP contribution in [-0.2, 0) is 4.79 Å². The average Bonchev–Trinajstić information content (AvgIpc) is 2.84. The number of hydrogen-bond donors (Lipinski definition) is 3. The van der Waals surface area contributed by atoms with Crippen LogP contribution in [0, 0.1) is 6.92 Å². The molecule has 4 N–H and O–H groups in total. The summed E-state index contributed by atoms with van der Waals surface area (Å²) in [6.07, 6.45) is 1.56. The molecule has 2 rings (SSSR count). The Morgan fingerprint density at radius 1 is 1.71 bits per heavy atom. The predicted octanol–water partition coefficient (Wildman–Crippen LogP) is 1.92. The summed E-state index contributed by atoms with van der Waals surface area (Å²) in [7, 11) is 0. The number of imidazole rings is 1. The Morgan fingerprint density at radius 3 is 3.06 bits per heavy atom. The number of nitrogens with two attached hydrogens (primary N) is 1. The lowest BCUT2D eigenvalue weighted by Gasteiger charge is -2.04. The topological polar surface area (TPSA) is 92.0 Å². The van der Waals surface area contributed by atoms with Crippen molar-refractivity contribution in [2.45, 2.75) is 19.4 Å². The first-order valence-corrected chi connectivity index (χ1v) is 6.02. The fraction of sp³-hybridized carbons (Fsp3) is 0.273. The Kier molecular flexibility index (Phi) is 3.26. The van der Waals surface area contributed by atoms with Gasteiger partial charge in [0, 0.05) is 0 Å². The van der Waals surface area contributed by atoms with Gasteiger partial charge in [-0.25, -0.2) is 4.98 Å². The van der Waals surface area contributed by atoms with E-state index in [1.807, 2.05) is 18.4 Å². The number of rotatable bonds is 4. The third-order valence-corrected chi connectivity index (χ3v) is 3.50. The van der Waals surface area contributed by atoms with Gasteiger partial charge in [-0.3, -0.25) is 4.79 Å². The van der Waals surface area contributed by atoms with Crippen LogP contribution < -0.4 is 5.73 Å². The molecule has 0 amide bonds. The lowest BCUT2D eigenvalue weighted by molar-refractivity contribution is -0.137. The predicted molar refractivity (Wildman–Crippen MR) is 65.8 cm³/mol. The average molecular weight is 251 g/mol. The minimum absolute atomic E-state index is 0.129. The van der Waals surface area contributed by atoms with Crippen LogP contribution in [0.4, 0.5) is 0 Å². The van der Waals surface area contributed by atoms with Crippen molar-refractivity contribution in [2.24, 2.45) is 5.73 Å². The molecule has 5 nitrogen and oxygen atoms in total. The zero-order valence-electron chi connectivity index (χ0n) is 9.30. The summed E-state index contributed by atoms with van der Waals surface area (Å²) in [5.41, 5.74) is 7.78. The van der Waals surface area contributed by atoms with Crippen LogP contribution in [0.25, 0.3) is 10.6 Å². The maximum atomic E-state index is 10.6. The SMILES string of the molecule is Cc1ccsc1-c1cnc(C(N)CC(=O)O)[nH]1. The highest BCUT2D eigenvalue weighted by molar-refractivity contribution is 7.13. The maximum Gasteiger partial charge on any atom is 0.305 e. The number of aromatic nitrogens is 2. The summed E-state index contributed by atoms with van der Waals surface area (Å²) >= 11 is 1.61. The molecule has 6 heteroatoms. The van der Waals surface area contributed by atoms with Crippen LogP contribution in [0.2, 0.25) is 0 Å². The number of carboxylic acids is 1. The summed E-state index contributed by atoms with van der Waals surface area (Å²) in [6.45, 7) is 2.02. The van der Waals surface area contributed by atoms with Gasteiger partial charge in [0.1, 0.15) is 5.82 Å². The second-order valence-electron chi connectivity index (χ2n) is 3.82. The fourth-order valence-corrected chi connectivity index (χ4v) is 2.47. The molecule has 17 heavy (non-hydrogen) atoms. The number of aliphatic carboxylic acids is 1. The Morgan fingerprint density at radius 2 is 2.47 bits per heavy atom. The van der Waals surface area contributed by atoms with Crippen molar-refractivity contribution in [1.29, 1.82) is 0 Å². The first kappa shape index (κ1) is 11.8. The molecule has 0 bridgehead atoms. The Bertz CT molecular complexity index is 532. The van der Waals surface area contributed by atoms with Crippen molar-refractivity contribution in [1.82, 2.24) is 9.97 Å². The standard InChI is InChI=1S/C11H13N3O2S/c1-6-2-3-17-10(6)8-5-13-11(14-8)7(12)4-9(15)16/h2-3,5,7H,4,12H2,1H3,(H,13,14)(H,15,16). The van der Waals surface area contributed by atoms with Crippen LogP contribution in [0.5, 0.6) is 0 Å². The number of aryl methyl sites for hydroxylation is 1. The molecule has 2 aromatic rings. The first-order chi connectivity index (χ1) is 8.08. The Balaban J connectivity index is 2.22. The lowest BCUT2D eigenvalue weighted by Crippen LogP contribution is -2.16. The van der Waals surface area contributed by atoms with E-state index in [2.05, 4.69) is 9.97 Å². The summed E-state index contributed by atoms with van der Waals surface area (Å²) in [5.74, 6) is -0.419. The van der Waals surface area contributed by atoms with E-state index in [1.165, 1.54) is 0 Å². The quantitative estimate of drug-likeness (QED) is 0.774. The highest BCUT2D eigenvalue weighted by atomic mass is 32.1. The van der Waals surface area contributed by atoms with Gasteiger partial charge in [-0.15, -0.1) is 11.3 Å². The molecule has 1 unspecified atom stereocenters. The molecule has 0 saturated heterocycles. The second kappa shape index (κ2) is 4.68. The van der Waals surface area contributed by atoms with E-state index >= 15 is 0 Å². The minimum atomic E-state index is -0.928. The smallest absolute Gasteiger partial charge is 0.305 e. The zero-order chi connectivity index (χ0) is 12.4. The molecule has 0 aromatic carbocycles. The van der Waals surface area contributed by atoms with Crippen LogP contribution in [0.3, 0.4) is 0 Å². The van der Waals surface area contributed by atoms with Crippen LogP contribution in [0.1, 0.15) is 23.9 Å². The number of aromatic amines is 1. The Labute approximate surface area is 102 Å². The largest absolute Gasteiger partial charge is 0.481 e. The molecule has 0 spiro atoms. The van der Waals surface area contributed by atoms with Gasteiger partial charge in [0.15, 0.2) is 0 Å². The molecule has 90 valence electrons. The number of carbonyl (C=O) groups is 1. The van der Waals surface area contributed by atoms with Crippen molar-refractivity contribution in [2.75, 3.05) is 0 Å². The number of thiophene rings is 1. The molecule has 1 atom stereocenters. The second-order valence-corrected chi connectivity index (χ2v) is 4.74. The number of carboxylic acid groups (broad SMARTS) is 1. The van der Waals surface area contributed by atoms with Gasteiger partial charge in [0.25, 0.3) is 0 Å². The number of nitrogens with one attached hydrogen (secondary N) is 1. The number of nitrogens with zero attached hydrogens (tertiary/aromatic N) is 1. The van der Waals surface area contributed by atoms with Gasteiger partial charge < -0.3 is 15.8 Å². The van der Waals surface area contributed by atoms with E-state index in [0.29, 0.717) is 5.82 Å². The van der Waals surface area contributed by atoms with Gasteiger partial charge in [0.05, 0.1) is 29.2 Å². The molecule has 2 aromatic heterocycles. The van der Waals surface area contributed by atoms with E-state index in [1.54, 1.807) is 17.5 Å². The maximum absolute atomic E-state index is 10.6. The molecule has 0 aliphatic rings. The van der Waals surface area contributed by atoms with Crippen molar-refractivity contribution >= 4 is 17.3 Å². The normalized spacial score (nSPS) is 12.6. The monoisotopic (exact) mass is 251 g/mol. The van der Waals surface area contributed by atoms with E-state index < -0.39 is 12.0 Å². The van der Waals surface area contributed by atoms with Gasteiger partial charge in [0.2, 0.25) is 0 Å². The molecule has 0 aliphatic heterocycles. The van der Waals surface area contributed by atoms with Gasteiger partial charge in [-0.2, -0.15) is 0 Å². The van der Waals surface area contributed by atoms with Crippen molar-refractivity contribution < 1.29 is 9.90 Å². The Hall–Kier alpha value is -1.66.